The predicted octanol–water partition coefficient (Wildman–Crippen LogP) is 3.18. The average molecular weight is 255 g/mol. The van der Waals surface area contributed by atoms with Gasteiger partial charge < -0.3 is 10.4 Å². The summed E-state index contributed by atoms with van der Waals surface area (Å²) >= 11 is 0. The molecule has 0 aromatic carbocycles. The second kappa shape index (κ2) is 14.2. The smallest absolute Gasteiger partial charge is 0.243 e. The summed E-state index contributed by atoms with van der Waals surface area (Å²) in [6.07, 6.45) is 13.5. The molecular weight excluding hydrogens is 226 g/mol. The van der Waals surface area contributed by atoms with Crippen LogP contribution in [0.1, 0.15) is 64.2 Å². The quantitative estimate of drug-likeness (QED) is 0.392. The van der Waals surface area contributed by atoms with E-state index in [4.69, 9.17) is 5.11 Å². The van der Waals surface area contributed by atoms with Crippen molar-refractivity contribution in [2.45, 2.75) is 64.2 Å². The van der Waals surface area contributed by atoms with Gasteiger partial charge in [0.05, 0.1) is 0 Å². The highest BCUT2D eigenvalue weighted by molar-refractivity contribution is 5.86. The molecule has 2 N–H and O–H groups in total. The molecule has 0 spiro atoms. The van der Waals surface area contributed by atoms with Crippen LogP contribution in [-0.2, 0) is 4.79 Å². The maximum Gasteiger partial charge on any atom is 0.243 e. The first-order chi connectivity index (χ1) is 8.81. The zero-order valence-electron chi connectivity index (χ0n) is 11.6. The minimum Gasteiger partial charge on any atom is -0.396 e. The van der Waals surface area contributed by atoms with Gasteiger partial charge in [0.15, 0.2) is 0 Å². The Balaban J connectivity index is 2.98. The Morgan fingerprint density at radius 1 is 0.889 bits per heavy atom. The number of amides is 1. The highest BCUT2D eigenvalue weighted by Gasteiger charge is 1.94. The third-order valence-corrected chi connectivity index (χ3v) is 3.07. The van der Waals surface area contributed by atoms with E-state index in [1.807, 2.05) is 0 Å². The number of nitrogens with one attached hydrogen (secondary N) is 1. The van der Waals surface area contributed by atoms with E-state index < -0.39 is 0 Å². The Hall–Kier alpha value is -0.830. The number of aliphatic hydroxyl groups excluding tert-OH is 1. The lowest BCUT2D eigenvalue weighted by Gasteiger charge is -2.03. The zero-order valence-corrected chi connectivity index (χ0v) is 11.6. The highest BCUT2D eigenvalue weighted by atomic mass is 16.2. The van der Waals surface area contributed by atoms with Crippen molar-refractivity contribution in [3.63, 3.8) is 0 Å². The maximum atomic E-state index is 10.8. The second-order valence-corrected chi connectivity index (χ2v) is 4.75. The molecule has 0 aromatic heterocycles. The molecule has 0 bridgehead atoms. The molecule has 106 valence electrons. The van der Waals surface area contributed by atoms with E-state index >= 15 is 0 Å². The first-order valence-electron chi connectivity index (χ1n) is 7.32. The molecule has 0 atom stereocenters. The normalized spacial score (nSPS) is 10.3. The average Bonchev–Trinajstić information content (AvgIpc) is 2.39. The SMILES string of the molecule is C=CC(=O)NCCCCCCCCCCCCO. The van der Waals surface area contributed by atoms with Gasteiger partial charge in [-0.25, -0.2) is 0 Å². The first kappa shape index (κ1) is 17.2. The van der Waals surface area contributed by atoms with Gasteiger partial charge in [-0.05, 0) is 18.9 Å². The molecule has 0 aliphatic carbocycles. The Morgan fingerprint density at radius 3 is 1.78 bits per heavy atom. The van der Waals surface area contributed by atoms with Crippen LogP contribution in [0.15, 0.2) is 12.7 Å². The van der Waals surface area contributed by atoms with Crippen molar-refractivity contribution < 1.29 is 9.90 Å². The van der Waals surface area contributed by atoms with E-state index in [1.54, 1.807) is 0 Å². The fourth-order valence-electron chi connectivity index (χ4n) is 1.93. The first-order valence-corrected chi connectivity index (χ1v) is 7.32. The lowest BCUT2D eigenvalue weighted by molar-refractivity contribution is -0.116. The van der Waals surface area contributed by atoms with Crippen LogP contribution in [0, 0.1) is 0 Å². The third kappa shape index (κ3) is 13.2. The number of rotatable bonds is 13. The largest absolute Gasteiger partial charge is 0.396 e. The van der Waals surface area contributed by atoms with E-state index in [0.717, 1.165) is 19.4 Å². The van der Waals surface area contributed by atoms with E-state index in [-0.39, 0.29) is 5.91 Å². The molecule has 3 heteroatoms. The summed E-state index contributed by atoms with van der Waals surface area (Å²) in [5.74, 6) is -0.0714. The van der Waals surface area contributed by atoms with Crippen molar-refractivity contribution >= 4 is 5.91 Å². The summed E-state index contributed by atoms with van der Waals surface area (Å²) in [6.45, 7) is 4.52. The Bertz CT molecular complexity index is 205. The predicted molar refractivity (Wildman–Crippen MR) is 76.5 cm³/mol. The standard InChI is InChI=1S/C15H29NO2/c1-2-15(18)16-13-11-9-7-5-3-4-6-8-10-12-14-17/h2,17H,1,3-14H2,(H,16,18). The summed E-state index contributed by atoms with van der Waals surface area (Å²) in [5.41, 5.74) is 0. The maximum absolute atomic E-state index is 10.8. The third-order valence-electron chi connectivity index (χ3n) is 3.07. The molecule has 0 heterocycles. The molecule has 0 aromatic rings. The van der Waals surface area contributed by atoms with Gasteiger partial charge in [0.25, 0.3) is 0 Å². The van der Waals surface area contributed by atoms with Crippen molar-refractivity contribution in [1.82, 2.24) is 5.32 Å². The zero-order chi connectivity index (χ0) is 13.5. The summed E-state index contributed by atoms with van der Waals surface area (Å²) in [6, 6.07) is 0. The number of hydrogen-bond donors (Lipinski definition) is 2. The summed E-state index contributed by atoms with van der Waals surface area (Å²) < 4.78 is 0. The highest BCUT2D eigenvalue weighted by Crippen LogP contribution is 2.10. The summed E-state index contributed by atoms with van der Waals surface area (Å²) in [5, 5.41) is 11.4. The van der Waals surface area contributed by atoms with Gasteiger partial charge in [0, 0.05) is 13.2 Å². The molecule has 0 rings (SSSR count). The van der Waals surface area contributed by atoms with Crippen LogP contribution >= 0.6 is 0 Å². The lowest BCUT2D eigenvalue weighted by atomic mass is 10.1. The molecule has 0 aliphatic heterocycles. The Morgan fingerprint density at radius 2 is 1.33 bits per heavy atom. The van der Waals surface area contributed by atoms with Gasteiger partial charge in [-0.1, -0.05) is 57.9 Å². The van der Waals surface area contributed by atoms with Crippen molar-refractivity contribution in [2.75, 3.05) is 13.2 Å². The number of carbonyl (C=O) groups is 1. The van der Waals surface area contributed by atoms with Crippen LogP contribution in [0.3, 0.4) is 0 Å². The van der Waals surface area contributed by atoms with Crippen LogP contribution in [0.25, 0.3) is 0 Å². The van der Waals surface area contributed by atoms with Crippen LogP contribution in [0.4, 0.5) is 0 Å². The van der Waals surface area contributed by atoms with Gasteiger partial charge >= 0.3 is 0 Å². The molecule has 0 fully saturated rings. The minimum absolute atomic E-state index is 0.0714. The summed E-state index contributed by atoms with van der Waals surface area (Å²) in [7, 11) is 0. The van der Waals surface area contributed by atoms with Crippen LogP contribution in [-0.4, -0.2) is 24.2 Å². The van der Waals surface area contributed by atoms with Crippen molar-refractivity contribution in [3.8, 4) is 0 Å². The molecule has 0 saturated heterocycles. The topological polar surface area (TPSA) is 49.3 Å². The molecule has 0 radical (unpaired) electrons. The van der Waals surface area contributed by atoms with Crippen molar-refractivity contribution in [1.29, 1.82) is 0 Å². The van der Waals surface area contributed by atoms with Gasteiger partial charge in [-0.3, -0.25) is 4.79 Å². The van der Waals surface area contributed by atoms with E-state index in [2.05, 4.69) is 11.9 Å². The fourth-order valence-corrected chi connectivity index (χ4v) is 1.93. The minimum atomic E-state index is -0.0714. The van der Waals surface area contributed by atoms with E-state index in [0.29, 0.717) is 6.61 Å². The molecule has 3 nitrogen and oxygen atoms in total. The number of hydrogen-bond acceptors (Lipinski definition) is 2. The molecule has 0 aliphatic rings. The summed E-state index contributed by atoms with van der Waals surface area (Å²) in [4.78, 5) is 10.8. The monoisotopic (exact) mass is 255 g/mol. The molecule has 18 heavy (non-hydrogen) atoms. The van der Waals surface area contributed by atoms with Gasteiger partial charge in [-0.2, -0.15) is 0 Å². The molecule has 0 saturated carbocycles. The van der Waals surface area contributed by atoms with E-state index in [9.17, 15) is 4.79 Å². The number of carbonyl (C=O) groups excluding carboxylic acids is 1. The fraction of sp³-hybridized carbons (Fsp3) is 0.800. The Kier molecular flexibility index (Phi) is 13.6. The molecule has 1 amide bonds. The van der Waals surface area contributed by atoms with Crippen LogP contribution in [0.5, 0.6) is 0 Å². The van der Waals surface area contributed by atoms with Crippen LogP contribution < -0.4 is 5.32 Å². The Labute approximate surface area is 112 Å². The van der Waals surface area contributed by atoms with Gasteiger partial charge in [0.2, 0.25) is 5.91 Å². The molecular formula is C15H29NO2. The number of unbranched alkanes of at least 4 members (excludes halogenated alkanes) is 9. The van der Waals surface area contributed by atoms with Crippen molar-refractivity contribution in [3.05, 3.63) is 12.7 Å². The van der Waals surface area contributed by atoms with Gasteiger partial charge in [-0.15, -0.1) is 0 Å². The lowest BCUT2D eigenvalue weighted by Crippen LogP contribution is -2.21. The second-order valence-electron chi connectivity index (χ2n) is 4.75. The number of aliphatic hydroxyl groups is 1. The van der Waals surface area contributed by atoms with Crippen LogP contribution in [0.2, 0.25) is 0 Å². The van der Waals surface area contributed by atoms with E-state index in [1.165, 1.54) is 57.4 Å². The van der Waals surface area contributed by atoms with Gasteiger partial charge in [0.1, 0.15) is 0 Å². The molecule has 0 unspecified atom stereocenters. The van der Waals surface area contributed by atoms with Crippen molar-refractivity contribution in [2.24, 2.45) is 0 Å².